The van der Waals surface area contributed by atoms with Gasteiger partial charge in [-0.2, -0.15) is 0 Å². The summed E-state index contributed by atoms with van der Waals surface area (Å²) in [5.74, 6) is -0.890. The number of carboxylic acids is 1. The van der Waals surface area contributed by atoms with Crippen molar-refractivity contribution in [2.24, 2.45) is 11.8 Å². The average Bonchev–Trinajstić information content (AvgIpc) is 2.88. The molecule has 19 heavy (non-hydrogen) atoms. The number of hydrogen-bond acceptors (Lipinski definition) is 3. The number of aliphatic carboxylic acids is 1. The van der Waals surface area contributed by atoms with Gasteiger partial charge in [-0.3, -0.25) is 4.79 Å². The summed E-state index contributed by atoms with van der Waals surface area (Å²) in [4.78, 5) is 24.3. The summed E-state index contributed by atoms with van der Waals surface area (Å²) in [5, 5.41) is 11.7. The number of likely N-dealkylation sites (tertiary alicyclic amines) is 1. The van der Waals surface area contributed by atoms with Crippen LogP contribution in [-0.2, 0) is 9.53 Å². The standard InChI is InChI=1S/C13H24N2O4/c1-4-9(2)11(19-3)7-14-13(18)15-6-5-10(8-15)12(16)17/h9-11H,4-8H2,1-3H3,(H,14,18)(H,16,17). The van der Waals surface area contributed by atoms with Crippen LogP contribution in [0.25, 0.3) is 0 Å². The molecule has 1 fully saturated rings. The Bertz CT molecular complexity index is 322. The average molecular weight is 272 g/mol. The molecule has 6 heteroatoms. The fraction of sp³-hybridized carbons (Fsp3) is 0.846. The number of methoxy groups -OCH3 is 1. The lowest BCUT2D eigenvalue weighted by molar-refractivity contribution is -0.141. The van der Waals surface area contributed by atoms with Crippen molar-refractivity contribution >= 4 is 12.0 Å². The number of carbonyl (C=O) groups excluding carboxylic acids is 1. The van der Waals surface area contributed by atoms with Crippen molar-refractivity contribution in [3.63, 3.8) is 0 Å². The van der Waals surface area contributed by atoms with Crippen molar-refractivity contribution < 1.29 is 19.4 Å². The first kappa shape index (κ1) is 15.8. The number of hydrogen-bond donors (Lipinski definition) is 2. The molecule has 2 N–H and O–H groups in total. The first-order valence-electron chi connectivity index (χ1n) is 6.77. The van der Waals surface area contributed by atoms with Crippen LogP contribution in [0.5, 0.6) is 0 Å². The maximum Gasteiger partial charge on any atom is 0.317 e. The summed E-state index contributed by atoms with van der Waals surface area (Å²) < 4.78 is 5.35. The molecule has 1 aliphatic heterocycles. The minimum Gasteiger partial charge on any atom is -0.481 e. The fourth-order valence-electron chi connectivity index (χ4n) is 2.23. The van der Waals surface area contributed by atoms with Gasteiger partial charge in [0.15, 0.2) is 0 Å². The minimum atomic E-state index is -0.829. The van der Waals surface area contributed by atoms with Crippen molar-refractivity contribution in [1.29, 1.82) is 0 Å². The quantitative estimate of drug-likeness (QED) is 0.760. The third-order valence-electron chi connectivity index (χ3n) is 3.86. The van der Waals surface area contributed by atoms with E-state index in [-0.39, 0.29) is 12.1 Å². The van der Waals surface area contributed by atoms with Gasteiger partial charge in [0.1, 0.15) is 0 Å². The second-order valence-electron chi connectivity index (χ2n) is 5.12. The molecule has 3 unspecified atom stereocenters. The highest BCUT2D eigenvalue weighted by atomic mass is 16.5. The number of ether oxygens (including phenoxy) is 1. The molecule has 0 spiro atoms. The van der Waals surface area contributed by atoms with Gasteiger partial charge in [-0.25, -0.2) is 4.79 Å². The zero-order valence-corrected chi connectivity index (χ0v) is 11.9. The van der Waals surface area contributed by atoms with Gasteiger partial charge in [0.25, 0.3) is 0 Å². The lowest BCUT2D eigenvalue weighted by Crippen LogP contribution is -2.43. The Labute approximate surface area is 114 Å². The molecule has 0 aromatic heterocycles. The monoisotopic (exact) mass is 272 g/mol. The van der Waals surface area contributed by atoms with E-state index in [4.69, 9.17) is 9.84 Å². The van der Waals surface area contributed by atoms with Crippen LogP contribution in [0.15, 0.2) is 0 Å². The number of nitrogens with zero attached hydrogens (tertiary/aromatic N) is 1. The van der Waals surface area contributed by atoms with Crippen LogP contribution in [0, 0.1) is 11.8 Å². The Balaban J connectivity index is 2.37. The number of urea groups is 1. The van der Waals surface area contributed by atoms with E-state index in [0.29, 0.717) is 32.0 Å². The van der Waals surface area contributed by atoms with E-state index >= 15 is 0 Å². The summed E-state index contributed by atoms with van der Waals surface area (Å²) in [6.45, 7) is 5.41. The summed E-state index contributed by atoms with van der Waals surface area (Å²) in [6, 6.07) is -0.200. The first-order chi connectivity index (χ1) is 8.99. The number of nitrogens with one attached hydrogen (secondary N) is 1. The lowest BCUT2D eigenvalue weighted by atomic mass is 10.0. The van der Waals surface area contributed by atoms with E-state index in [9.17, 15) is 9.59 Å². The molecule has 0 aliphatic carbocycles. The van der Waals surface area contributed by atoms with E-state index in [1.165, 1.54) is 0 Å². The second-order valence-corrected chi connectivity index (χ2v) is 5.12. The van der Waals surface area contributed by atoms with Crippen LogP contribution in [0.4, 0.5) is 4.79 Å². The largest absolute Gasteiger partial charge is 0.481 e. The van der Waals surface area contributed by atoms with Gasteiger partial charge in [-0.15, -0.1) is 0 Å². The van der Waals surface area contributed by atoms with E-state index in [2.05, 4.69) is 19.2 Å². The van der Waals surface area contributed by atoms with Gasteiger partial charge in [0.2, 0.25) is 0 Å². The molecule has 3 atom stereocenters. The molecule has 1 rings (SSSR count). The molecule has 0 saturated carbocycles. The summed E-state index contributed by atoms with van der Waals surface area (Å²) in [5.41, 5.74) is 0. The number of amides is 2. The predicted molar refractivity (Wildman–Crippen MR) is 71.0 cm³/mol. The molecule has 0 bridgehead atoms. The Kier molecular flexibility index (Phi) is 6.08. The number of carbonyl (C=O) groups is 2. The highest BCUT2D eigenvalue weighted by molar-refractivity contribution is 5.77. The topological polar surface area (TPSA) is 78.9 Å². The minimum absolute atomic E-state index is 0.00757. The van der Waals surface area contributed by atoms with E-state index in [1.807, 2.05) is 0 Å². The third-order valence-corrected chi connectivity index (χ3v) is 3.86. The van der Waals surface area contributed by atoms with Crippen molar-refractivity contribution in [2.75, 3.05) is 26.7 Å². The van der Waals surface area contributed by atoms with Gasteiger partial charge < -0.3 is 20.1 Å². The van der Waals surface area contributed by atoms with Crippen LogP contribution in [-0.4, -0.2) is 54.9 Å². The molecule has 1 saturated heterocycles. The SMILES string of the molecule is CCC(C)C(CNC(=O)N1CCC(C(=O)O)C1)OC. The Hall–Kier alpha value is -1.30. The molecule has 6 nitrogen and oxygen atoms in total. The zero-order chi connectivity index (χ0) is 14.4. The van der Waals surface area contributed by atoms with Crippen molar-refractivity contribution in [3.8, 4) is 0 Å². The molecule has 0 aromatic carbocycles. The van der Waals surface area contributed by atoms with Gasteiger partial charge in [-0.05, 0) is 12.3 Å². The molecule has 2 amide bonds. The molecule has 110 valence electrons. The van der Waals surface area contributed by atoms with Crippen LogP contribution in [0.1, 0.15) is 26.7 Å². The highest BCUT2D eigenvalue weighted by Crippen LogP contribution is 2.16. The predicted octanol–water partition coefficient (Wildman–Crippen LogP) is 1.16. The molecule has 1 heterocycles. The zero-order valence-electron chi connectivity index (χ0n) is 11.9. The third kappa shape index (κ3) is 4.38. The van der Waals surface area contributed by atoms with E-state index in [0.717, 1.165) is 6.42 Å². The maximum atomic E-state index is 11.9. The van der Waals surface area contributed by atoms with Gasteiger partial charge >= 0.3 is 12.0 Å². The Morgan fingerprint density at radius 3 is 2.68 bits per heavy atom. The first-order valence-corrected chi connectivity index (χ1v) is 6.77. The van der Waals surface area contributed by atoms with E-state index < -0.39 is 11.9 Å². The van der Waals surface area contributed by atoms with Crippen LogP contribution >= 0.6 is 0 Å². The normalized spacial score (nSPS) is 22.1. The Morgan fingerprint density at radius 2 is 2.21 bits per heavy atom. The van der Waals surface area contributed by atoms with Crippen molar-refractivity contribution in [3.05, 3.63) is 0 Å². The fourth-order valence-corrected chi connectivity index (χ4v) is 2.23. The molecule has 1 aliphatic rings. The molecular formula is C13H24N2O4. The second kappa shape index (κ2) is 7.33. The summed E-state index contributed by atoms with van der Waals surface area (Å²) in [6.07, 6.45) is 1.51. The molecule has 0 radical (unpaired) electrons. The highest BCUT2D eigenvalue weighted by Gasteiger charge is 2.31. The van der Waals surface area contributed by atoms with Crippen LogP contribution in [0.3, 0.4) is 0 Å². The number of carboxylic acid groups (broad SMARTS) is 1. The number of rotatable bonds is 6. The summed E-state index contributed by atoms with van der Waals surface area (Å²) in [7, 11) is 1.64. The van der Waals surface area contributed by atoms with Crippen molar-refractivity contribution in [1.82, 2.24) is 10.2 Å². The van der Waals surface area contributed by atoms with Gasteiger partial charge in [0.05, 0.1) is 12.0 Å². The van der Waals surface area contributed by atoms with E-state index in [1.54, 1.807) is 12.0 Å². The lowest BCUT2D eigenvalue weighted by Gasteiger charge is -2.24. The summed E-state index contributed by atoms with van der Waals surface area (Å²) >= 11 is 0. The van der Waals surface area contributed by atoms with Gasteiger partial charge in [-0.1, -0.05) is 20.3 Å². The van der Waals surface area contributed by atoms with Crippen LogP contribution < -0.4 is 5.32 Å². The molecule has 0 aromatic rings. The van der Waals surface area contributed by atoms with Crippen molar-refractivity contribution in [2.45, 2.75) is 32.8 Å². The molecular weight excluding hydrogens is 248 g/mol. The smallest absolute Gasteiger partial charge is 0.317 e. The Morgan fingerprint density at radius 1 is 1.53 bits per heavy atom. The van der Waals surface area contributed by atoms with Gasteiger partial charge in [0, 0.05) is 26.7 Å². The van der Waals surface area contributed by atoms with Crippen LogP contribution in [0.2, 0.25) is 0 Å². The maximum absolute atomic E-state index is 11.9.